The fourth-order valence-electron chi connectivity index (χ4n) is 3.00. The topological polar surface area (TPSA) is 20.2 Å². The maximum Gasteiger partial charge on any atom is 0.131 e. The lowest BCUT2D eigenvalue weighted by Crippen LogP contribution is -1.85. The molecule has 0 aliphatic heterocycles. The highest BCUT2D eigenvalue weighted by molar-refractivity contribution is 7.80. The van der Waals surface area contributed by atoms with Crippen molar-refractivity contribution in [2.24, 2.45) is 0 Å². The van der Waals surface area contributed by atoms with E-state index in [2.05, 4.69) is 24.8 Å². The second-order valence-corrected chi connectivity index (χ2v) is 5.84. The van der Waals surface area contributed by atoms with Crippen molar-refractivity contribution in [2.45, 2.75) is 4.90 Å². The van der Waals surface area contributed by atoms with Crippen LogP contribution in [0.2, 0.25) is 0 Å². The van der Waals surface area contributed by atoms with Gasteiger partial charge in [-0.1, -0.05) is 60.7 Å². The summed E-state index contributed by atoms with van der Waals surface area (Å²) in [7, 11) is 0. The van der Waals surface area contributed by atoms with Crippen LogP contribution in [0.15, 0.2) is 77.7 Å². The molecule has 0 aromatic heterocycles. The van der Waals surface area contributed by atoms with Crippen LogP contribution in [0.1, 0.15) is 0 Å². The van der Waals surface area contributed by atoms with Gasteiger partial charge in [0.1, 0.15) is 5.75 Å². The van der Waals surface area contributed by atoms with E-state index in [1.165, 1.54) is 0 Å². The van der Waals surface area contributed by atoms with Gasteiger partial charge >= 0.3 is 0 Å². The van der Waals surface area contributed by atoms with Crippen LogP contribution < -0.4 is 0 Å². The Morgan fingerprint density at radius 2 is 1.32 bits per heavy atom. The summed E-state index contributed by atoms with van der Waals surface area (Å²) >= 11 is 4.53. The lowest BCUT2D eigenvalue weighted by Gasteiger charge is -2.12. The summed E-state index contributed by atoms with van der Waals surface area (Å²) in [6.45, 7) is 0. The summed E-state index contributed by atoms with van der Waals surface area (Å²) in [5, 5.41) is 14.8. The Hall–Kier alpha value is -2.45. The first kappa shape index (κ1) is 13.2. The van der Waals surface area contributed by atoms with Gasteiger partial charge in [-0.25, -0.2) is 0 Å². The number of thiol groups is 1. The molecule has 0 unspecified atom stereocenters. The normalized spacial score (nSPS) is 11.1. The van der Waals surface area contributed by atoms with Crippen LogP contribution in [-0.2, 0) is 0 Å². The molecule has 0 amide bonds. The third-order valence-corrected chi connectivity index (χ3v) is 4.48. The number of rotatable bonds is 1. The Kier molecular flexibility index (Phi) is 3.05. The van der Waals surface area contributed by atoms with Crippen LogP contribution >= 0.6 is 12.6 Å². The van der Waals surface area contributed by atoms with Crippen molar-refractivity contribution in [3.63, 3.8) is 0 Å². The Bertz CT molecular complexity index is 1000. The number of hydrogen-bond donors (Lipinski definition) is 2. The zero-order valence-corrected chi connectivity index (χ0v) is 12.7. The highest BCUT2D eigenvalue weighted by Gasteiger charge is 2.11. The Morgan fingerprint density at radius 3 is 2.23 bits per heavy atom. The fraction of sp³-hybridized carbons (Fsp3) is 0. The van der Waals surface area contributed by atoms with Crippen LogP contribution in [0.4, 0.5) is 0 Å². The van der Waals surface area contributed by atoms with Crippen molar-refractivity contribution in [1.82, 2.24) is 0 Å². The third-order valence-electron chi connectivity index (χ3n) is 4.09. The molecule has 4 rings (SSSR count). The van der Waals surface area contributed by atoms with E-state index in [0.29, 0.717) is 5.75 Å². The summed E-state index contributed by atoms with van der Waals surface area (Å²) in [4.78, 5) is 0.944. The minimum Gasteiger partial charge on any atom is -0.507 e. The molecule has 0 saturated heterocycles. The minimum atomic E-state index is 0.329. The number of phenolic OH excluding ortho intramolecular Hbond substituents is 1. The molecule has 1 nitrogen and oxygen atoms in total. The molecular weight excluding hydrogens is 288 g/mol. The first-order chi connectivity index (χ1) is 10.8. The van der Waals surface area contributed by atoms with E-state index in [-0.39, 0.29) is 0 Å². The average Bonchev–Trinajstić information content (AvgIpc) is 2.56. The summed E-state index contributed by atoms with van der Waals surface area (Å²) < 4.78 is 0. The van der Waals surface area contributed by atoms with E-state index < -0.39 is 0 Å². The van der Waals surface area contributed by atoms with E-state index >= 15 is 0 Å². The zero-order valence-electron chi connectivity index (χ0n) is 11.8. The average molecular weight is 302 g/mol. The largest absolute Gasteiger partial charge is 0.507 e. The van der Waals surface area contributed by atoms with Crippen molar-refractivity contribution < 1.29 is 5.11 Å². The summed E-state index contributed by atoms with van der Waals surface area (Å²) in [5.41, 5.74) is 1.87. The van der Waals surface area contributed by atoms with Gasteiger partial charge in [0.15, 0.2) is 0 Å². The van der Waals surface area contributed by atoms with Gasteiger partial charge in [-0.15, -0.1) is 12.6 Å². The number of phenols is 1. The first-order valence-corrected chi connectivity index (χ1v) is 7.62. The molecule has 0 fully saturated rings. The van der Waals surface area contributed by atoms with E-state index in [9.17, 15) is 5.11 Å². The van der Waals surface area contributed by atoms with Crippen LogP contribution in [0, 0.1) is 0 Å². The molecule has 1 N–H and O–H groups in total. The first-order valence-electron chi connectivity index (χ1n) is 7.17. The molecule has 4 aromatic carbocycles. The Labute approximate surface area is 134 Å². The molecule has 0 spiro atoms. The van der Waals surface area contributed by atoms with E-state index in [1.54, 1.807) is 0 Å². The number of hydrogen-bond acceptors (Lipinski definition) is 2. The summed E-state index contributed by atoms with van der Waals surface area (Å²) in [5.74, 6) is 0.329. The second kappa shape index (κ2) is 5.08. The van der Waals surface area contributed by atoms with Crippen LogP contribution in [0.25, 0.3) is 32.7 Å². The van der Waals surface area contributed by atoms with Crippen molar-refractivity contribution in [3.05, 3.63) is 72.8 Å². The van der Waals surface area contributed by atoms with E-state index in [1.807, 2.05) is 60.7 Å². The molecule has 0 aliphatic carbocycles. The molecule has 0 radical (unpaired) electrons. The molecular formula is C20H14OS. The molecule has 22 heavy (non-hydrogen) atoms. The lowest BCUT2D eigenvalue weighted by molar-refractivity contribution is 0.483. The maximum absolute atomic E-state index is 10.7. The molecule has 2 heteroatoms. The van der Waals surface area contributed by atoms with Gasteiger partial charge in [0.2, 0.25) is 0 Å². The van der Waals surface area contributed by atoms with Gasteiger partial charge in [-0.05, 0) is 33.9 Å². The van der Waals surface area contributed by atoms with E-state index in [4.69, 9.17) is 0 Å². The van der Waals surface area contributed by atoms with Crippen LogP contribution in [-0.4, -0.2) is 5.11 Å². The molecule has 0 atom stereocenters. The predicted octanol–water partition coefficient (Wildman–Crippen LogP) is 5.65. The van der Waals surface area contributed by atoms with Gasteiger partial charge in [0, 0.05) is 15.8 Å². The Balaban J connectivity index is 2.08. The van der Waals surface area contributed by atoms with Crippen LogP contribution in [0.5, 0.6) is 5.75 Å². The maximum atomic E-state index is 10.7. The lowest BCUT2D eigenvalue weighted by atomic mass is 9.95. The molecule has 0 saturated carbocycles. The minimum absolute atomic E-state index is 0.329. The van der Waals surface area contributed by atoms with Crippen molar-refractivity contribution in [2.75, 3.05) is 0 Å². The fourth-order valence-corrected chi connectivity index (χ4v) is 3.28. The monoisotopic (exact) mass is 302 g/mol. The standard InChI is InChI=1S/C20H14OS/c21-20-14-6-2-1-5-13(14)11-12-18(20)16-7-3-9-17-15(16)8-4-10-19(17)22/h1-12,21-22H. The van der Waals surface area contributed by atoms with Gasteiger partial charge in [-0.3, -0.25) is 0 Å². The summed E-state index contributed by atoms with van der Waals surface area (Å²) in [6.07, 6.45) is 0. The quantitative estimate of drug-likeness (QED) is 0.435. The van der Waals surface area contributed by atoms with E-state index in [0.717, 1.165) is 37.6 Å². The predicted molar refractivity (Wildman–Crippen MR) is 95.8 cm³/mol. The molecule has 106 valence electrons. The van der Waals surface area contributed by atoms with Crippen molar-refractivity contribution >= 4 is 34.2 Å². The number of fused-ring (bicyclic) bond motifs is 2. The molecule has 0 heterocycles. The van der Waals surface area contributed by atoms with Crippen molar-refractivity contribution in [3.8, 4) is 16.9 Å². The zero-order chi connectivity index (χ0) is 15.1. The molecule has 0 bridgehead atoms. The van der Waals surface area contributed by atoms with Gasteiger partial charge in [-0.2, -0.15) is 0 Å². The molecule has 4 aromatic rings. The van der Waals surface area contributed by atoms with Gasteiger partial charge in [0.05, 0.1) is 0 Å². The van der Waals surface area contributed by atoms with Crippen LogP contribution in [0.3, 0.4) is 0 Å². The SMILES string of the molecule is Oc1c(-c2cccc3c(S)cccc23)ccc2ccccc12. The highest BCUT2D eigenvalue weighted by atomic mass is 32.1. The van der Waals surface area contributed by atoms with Gasteiger partial charge < -0.3 is 5.11 Å². The van der Waals surface area contributed by atoms with Crippen molar-refractivity contribution in [1.29, 1.82) is 0 Å². The smallest absolute Gasteiger partial charge is 0.131 e. The number of benzene rings is 4. The molecule has 0 aliphatic rings. The number of aromatic hydroxyl groups is 1. The summed E-state index contributed by atoms with van der Waals surface area (Å²) in [6, 6.07) is 24.1. The Morgan fingerprint density at radius 1 is 0.591 bits per heavy atom. The highest BCUT2D eigenvalue weighted by Crippen LogP contribution is 2.39. The second-order valence-electron chi connectivity index (χ2n) is 5.36. The van der Waals surface area contributed by atoms with Gasteiger partial charge in [0.25, 0.3) is 0 Å². The third kappa shape index (κ3) is 1.96.